The molecule has 1 N–H and O–H groups in total. The predicted molar refractivity (Wildman–Crippen MR) is 110 cm³/mol. The van der Waals surface area contributed by atoms with Crippen molar-refractivity contribution in [1.29, 1.82) is 0 Å². The van der Waals surface area contributed by atoms with E-state index >= 15 is 0 Å². The van der Waals surface area contributed by atoms with Crippen molar-refractivity contribution >= 4 is 5.97 Å². The summed E-state index contributed by atoms with van der Waals surface area (Å²) in [6, 6.07) is 0.578. The molecule has 30 heavy (non-hydrogen) atoms. The van der Waals surface area contributed by atoms with E-state index < -0.39 is 34.7 Å². The lowest BCUT2D eigenvalue weighted by atomic mass is 9.73. The highest BCUT2D eigenvalue weighted by Gasteiger charge is 2.48. The van der Waals surface area contributed by atoms with Crippen LogP contribution in [0.25, 0.3) is 0 Å². The van der Waals surface area contributed by atoms with Crippen molar-refractivity contribution in [2.75, 3.05) is 19.6 Å². The van der Waals surface area contributed by atoms with Crippen LogP contribution in [0.2, 0.25) is 0 Å². The molecule has 0 amide bonds. The molecule has 1 aliphatic heterocycles. The van der Waals surface area contributed by atoms with Gasteiger partial charge < -0.3 is 10.0 Å². The Morgan fingerprint density at radius 2 is 1.87 bits per heavy atom. The van der Waals surface area contributed by atoms with Gasteiger partial charge in [0, 0.05) is 31.9 Å². The van der Waals surface area contributed by atoms with E-state index in [-0.39, 0.29) is 24.3 Å². The minimum atomic E-state index is -4.67. The van der Waals surface area contributed by atoms with Crippen LogP contribution in [0.4, 0.5) is 13.2 Å². The zero-order valence-corrected chi connectivity index (χ0v) is 18.4. The van der Waals surface area contributed by atoms with Gasteiger partial charge >= 0.3 is 12.1 Å². The molecule has 8 heteroatoms. The van der Waals surface area contributed by atoms with Gasteiger partial charge in [-0.1, -0.05) is 41.0 Å². The van der Waals surface area contributed by atoms with Crippen molar-refractivity contribution in [2.24, 2.45) is 17.8 Å². The number of carboxylic acids is 1. The Morgan fingerprint density at radius 3 is 2.27 bits per heavy atom. The van der Waals surface area contributed by atoms with Gasteiger partial charge in [-0.05, 0) is 36.2 Å². The summed E-state index contributed by atoms with van der Waals surface area (Å²) >= 11 is 0. The van der Waals surface area contributed by atoms with Crippen LogP contribution in [0, 0.1) is 17.8 Å². The number of aliphatic carboxylic acids is 1. The number of carboxylic acid groups (broad SMARTS) is 1. The average molecular weight is 431 g/mol. The Bertz CT molecular complexity index is 813. The van der Waals surface area contributed by atoms with E-state index in [0.29, 0.717) is 24.9 Å². The summed E-state index contributed by atoms with van der Waals surface area (Å²) < 4.78 is 42.0. The predicted octanol–water partition coefficient (Wildman–Crippen LogP) is 4.23. The number of hydrogen-bond acceptors (Lipinski definition) is 3. The van der Waals surface area contributed by atoms with Crippen molar-refractivity contribution in [3.63, 3.8) is 0 Å². The van der Waals surface area contributed by atoms with Crippen LogP contribution in [0.5, 0.6) is 0 Å². The second-order valence-corrected chi connectivity index (χ2v) is 8.87. The summed E-state index contributed by atoms with van der Waals surface area (Å²) in [5.74, 6) is -1.13. The van der Waals surface area contributed by atoms with Crippen molar-refractivity contribution in [3.05, 3.63) is 33.7 Å². The average Bonchev–Trinajstić information content (AvgIpc) is 2.61. The molecule has 2 unspecified atom stereocenters. The minimum absolute atomic E-state index is 0.0284. The normalized spacial score (nSPS) is 18.8. The van der Waals surface area contributed by atoms with Gasteiger partial charge in [0.25, 0.3) is 5.56 Å². The lowest BCUT2D eigenvalue weighted by Gasteiger charge is -2.40. The van der Waals surface area contributed by atoms with Crippen molar-refractivity contribution in [1.82, 2.24) is 9.47 Å². The van der Waals surface area contributed by atoms with E-state index in [4.69, 9.17) is 0 Å². The molecule has 2 heterocycles. The maximum atomic E-state index is 13.7. The Balaban J connectivity index is 2.63. The highest BCUT2D eigenvalue weighted by molar-refractivity contribution is 5.77. The molecule has 1 saturated heterocycles. The zero-order chi connectivity index (χ0) is 22.9. The van der Waals surface area contributed by atoms with Crippen LogP contribution in [-0.2, 0) is 22.9 Å². The highest BCUT2D eigenvalue weighted by Crippen LogP contribution is 2.39. The SMILES string of the molecule is CCC(C(C)C)C(CC)(C(=O)O)n1cc(CCN2CC(C)C2)c(C(F)(F)F)cc1=O. The summed E-state index contributed by atoms with van der Waals surface area (Å²) in [5, 5.41) is 10.2. The molecular formula is C22H33F3N2O3. The van der Waals surface area contributed by atoms with Gasteiger partial charge in [0.15, 0.2) is 0 Å². The fourth-order valence-corrected chi connectivity index (χ4v) is 5.02. The summed E-state index contributed by atoms with van der Waals surface area (Å²) in [5.41, 5.74) is -3.51. The van der Waals surface area contributed by atoms with E-state index in [9.17, 15) is 27.9 Å². The van der Waals surface area contributed by atoms with Gasteiger partial charge in [0.2, 0.25) is 0 Å². The molecule has 1 aromatic heterocycles. The number of rotatable bonds is 9. The third-order valence-electron chi connectivity index (χ3n) is 6.48. The molecule has 2 atom stereocenters. The molecule has 0 aliphatic carbocycles. The first-order valence-corrected chi connectivity index (χ1v) is 10.7. The standard InChI is InChI=1S/C22H33F3N2O3/c1-6-17(14(3)4)21(7-2,20(29)30)27-13-16(8-9-26-11-15(5)12-26)18(10-19(27)28)22(23,24)25/h10,13-15,17H,6-9,11-12H2,1-5H3,(H,29,30). The maximum absolute atomic E-state index is 13.7. The third kappa shape index (κ3) is 4.58. The van der Waals surface area contributed by atoms with E-state index in [1.165, 1.54) is 0 Å². The molecule has 1 fully saturated rings. The van der Waals surface area contributed by atoms with Gasteiger partial charge in [0.1, 0.15) is 5.54 Å². The molecule has 0 saturated carbocycles. The molecule has 1 aliphatic rings. The van der Waals surface area contributed by atoms with Crippen molar-refractivity contribution < 1.29 is 23.1 Å². The first-order valence-electron chi connectivity index (χ1n) is 10.7. The van der Waals surface area contributed by atoms with Crippen LogP contribution in [0.1, 0.15) is 58.6 Å². The first-order chi connectivity index (χ1) is 13.9. The van der Waals surface area contributed by atoms with Gasteiger partial charge in [-0.25, -0.2) is 4.79 Å². The monoisotopic (exact) mass is 430 g/mol. The second-order valence-electron chi connectivity index (χ2n) is 8.87. The highest BCUT2D eigenvalue weighted by atomic mass is 19.4. The molecule has 1 aromatic rings. The van der Waals surface area contributed by atoms with Gasteiger partial charge in [-0.2, -0.15) is 13.2 Å². The van der Waals surface area contributed by atoms with Crippen LogP contribution in [-0.4, -0.2) is 40.2 Å². The van der Waals surface area contributed by atoms with Gasteiger partial charge in [-0.3, -0.25) is 9.36 Å². The van der Waals surface area contributed by atoms with E-state index in [0.717, 1.165) is 23.9 Å². The van der Waals surface area contributed by atoms with Crippen LogP contribution in [0.15, 0.2) is 17.1 Å². The Kier molecular flexibility index (Phi) is 7.43. The number of likely N-dealkylation sites (tertiary alicyclic amines) is 1. The van der Waals surface area contributed by atoms with Crippen molar-refractivity contribution in [2.45, 2.75) is 65.6 Å². The van der Waals surface area contributed by atoms with E-state index in [2.05, 4.69) is 11.8 Å². The number of alkyl halides is 3. The molecule has 2 rings (SSSR count). The topological polar surface area (TPSA) is 62.5 Å². The summed E-state index contributed by atoms with van der Waals surface area (Å²) in [4.78, 5) is 27.4. The van der Waals surface area contributed by atoms with Crippen LogP contribution in [0.3, 0.4) is 0 Å². The summed E-state index contributed by atoms with van der Waals surface area (Å²) in [6.07, 6.45) is -2.80. The third-order valence-corrected chi connectivity index (χ3v) is 6.48. The number of pyridine rings is 1. The lowest BCUT2D eigenvalue weighted by molar-refractivity contribution is -0.153. The van der Waals surface area contributed by atoms with Crippen molar-refractivity contribution in [3.8, 4) is 0 Å². The maximum Gasteiger partial charge on any atom is 0.416 e. The number of aromatic nitrogens is 1. The summed E-state index contributed by atoms with van der Waals surface area (Å²) in [6.45, 7) is 11.5. The van der Waals surface area contributed by atoms with E-state index in [1.807, 2.05) is 20.8 Å². The Morgan fingerprint density at radius 1 is 1.27 bits per heavy atom. The number of nitrogens with zero attached hydrogens (tertiary/aromatic N) is 2. The molecule has 5 nitrogen and oxygen atoms in total. The lowest BCUT2D eigenvalue weighted by Crippen LogP contribution is -2.54. The fraction of sp³-hybridized carbons (Fsp3) is 0.727. The fourth-order valence-electron chi connectivity index (χ4n) is 5.02. The largest absolute Gasteiger partial charge is 0.479 e. The molecule has 0 radical (unpaired) electrons. The van der Waals surface area contributed by atoms with Gasteiger partial charge in [0.05, 0.1) is 5.56 Å². The zero-order valence-electron chi connectivity index (χ0n) is 18.4. The Labute approximate surface area is 175 Å². The quantitative estimate of drug-likeness (QED) is 0.637. The molecule has 0 spiro atoms. The molecule has 170 valence electrons. The van der Waals surface area contributed by atoms with Crippen LogP contribution < -0.4 is 5.56 Å². The number of hydrogen-bond donors (Lipinski definition) is 1. The molecule has 0 bridgehead atoms. The van der Waals surface area contributed by atoms with Crippen LogP contribution >= 0.6 is 0 Å². The first kappa shape index (κ1) is 24.4. The Hall–Kier alpha value is -1.83. The number of halogens is 3. The minimum Gasteiger partial charge on any atom is -0.479 e. The number of carbonyl (C=O) groups is 1. The molecular weight excluding hydrogens is 397 g/mol. The smallest absolute Gasteiger partial charge is 0.416 e. The van der Waals surface area contributed by atoms with E-state index in [1.54, 1.807) is 6.92 Å². The summed E-state index contributed by atoms with van der Waals surface area (Å²) in [7, 11) is 0. The van der Waals surface area contributed by atoms with Gasteiger partial charge in [-0.15, -0.1) is 0 Å². The molecule has 0 aromatic carbocycles. The second kappa shape index (κ2) is 9.12.